The molecule has 3 aliphatic rings. The molecule has 114 valence electrons. The predicted octanol–water partition coefficient (Wildman–Crippen LogP) is 2.83. The maximum absolute atomic E-state index is 13.7. The fraction of sp³-hybridized carbons (Fsp3) is 0.533. The van der Waals surface area contributed by atoms with Crippen LogP contribution >= 0.6 is 11.6 Å². The molecule has 21 heavy (non-hydrogen) atoms. The highest BCUT2D eigenvalue weighted by molar-refractivity contribution is 6.30. The lowest BCUT2D eigenvalue weighted by Crippen LogP contribution is -2.52. The molecule has 0 atom stereocenters. The number of hydrogen-bond acceptors (Lipinski definition) is 2. The fourth-order valence-electron chi connectivity index (χ4n) is 3.22. The Morgan fingerprint density at radius 2 is 1.81 bits per heavy atom. The van der Waals surface area contributed by atoms with Gasteiger partial charge in [0.2, 0.25) is 0 Å². The van der Waals surface area contributed by atoms with Crippen molar-refractivity contribution in [3.8, 4) is 0 Å². The Hall–Kier alpha value is -1.20. The molecule has 0 aromatic heterocycles. The van der Waals surface area contributed by atoms with Crippen LogP contribution in [0.3, 0.4) is 0 Å². The van der Waals surface area contributed by atoms with E-state index in [1.54, 1.807) is 0 Å². The van der Waals surface area contributed by atoms with Gasteiger partial charge in [0.25, 0.3) is 5.91 Å². The van der Waals surface area contributed by atoms with Crippen molar-refractivity contribution in [2.24, 2.45) is 5.41 Å². The van der Waals surface area contributed by atoms with E-state index in [-0.39, 0.29) is 16.0 Å². The second-order valence-electron chi connectivity index (χ2n) is 6.02. The number of nitrogens with zero attached hydrogens (tertiary/aromatic N) is 1. The van der Waals surface area contributed by atoms with E-state index in [1.807, 2.05) is 0 Å². The van der Waals surface area contributed by atoms with Crippen LogP contribution in [0.4, 0.5) is 8.78 Å². The van der Waals surface area contributed by atoms with Crippen molar-refractivity contribution in [3.63, 3.8) is 0 Å². The Bertz CT molecular complexity index is 557. The molecule has 3 heterocycles. The van der Waals surface area contributed by atoms with Gasteiger partial charge in [-0.15, -0.1) is 0 Å². The minimum atomic E-state index is -0.796. The number of carbonyl (C=O) groups excluding carboxylic acids is 1. The molecule has 4 rings (SSSR count). The number of rotatable bonds is 3. The normalized spacial score (nSPS) is 27.7. The summed E-state index contributed by atoms with van der Waals surface area (Å²) >= 11 is 5.49. The predicted molar refractivity (Wildman–Crippen MR) is 76.4 cm³/mol. The lowest BCUT2D eigenvalue weighted by Gasteiger charge is -2.48. The van der Waals surface area contributed by atoms with Crippen LogP contribution in [0.1, 0.15) is 29.6 Å². The van der Waals surface area contributed by atoms with Gasteiger partial charge in [-0.2, -0.15) is 0 Å². The molecule has 1 aromatic carbocycles. The summed E-state index contributed by atoms with van der Waals surface area (Å²) in [5, 5.41) is 2.45. The van der Waals surface area contributed by atoms with Gasteiger partial charge in [0, 0.05) is 6.54 Å². The van der Waals surface area contributed by atoms with Crippen molar-refractivity contribution < 1.29 is 13.6 Å². The number of amides is 1. The van der Waals surface area contributed by atoms with Gasteiger partial charge in [-0.25, -0.2) is 8.78 Å². The molecule has 1 N–H and O–H groups in total. The van der Waals surface area contributed by atoms with Gasteiger partial charge in [0.15, 0.2) is 0 Å². The number of fused-ring (bicyclic) bond motifs is 3. The zero-order chi connectivity index (χ0) is 15.0. The molecule has 2 bridgehead atoms. The third-order valence-corrected chi connectivity index (χ3v) is 5.04. The number of halogens is 3. The third kappa shape index (κ3) is 2.90. The Balaban J connectivity index is 1.68. The summed E-state index contributed by atoms with van der Waals surface area (Å²) in [7, 11) is 0. The highest BCUT2D eigenvalue weighted by atomic mass is 35.5. The summed E-state index contributed by atoms with van der Waals surface area (Å²) in [6.45, 7) is 3.68. The average Bonchev–Trinajstić information content (AvgIpc) is 2.50. The molecular weight excluding hydrogens is 298 g/mol. The molecule has 0 radical (unpaired) electrons. The van der Waals surface area contributed by atoms with Crippen LogP contribution < -0.4 is 5.32 Å². The van der Waals surface area contributed by atoms with E-state index >= 15 is 0 Å². The Morgan fingerprint density at radius 3 is 2.43 bits per heavy atom. The smallest absolute Gasteiger partial charge is 0.254 e. The van der Waals surface area contributed by atoms with Crippen molar-refractivity contribution >= 4 is 17.5 Å². The molecule has 3 nitrogen and oxygen atoms in total. The molecule has 0 unspecified atom stereocenters. The largest absolute Gasteiger partial charge is 0.351 e. The Labute approximate surface area is 127 Å². The van der Waals surface area contributed by atoms with E-state index in [9.17, 15) is 13.6 Å². The Morgan fingerprint density at radius 1 is 1.19 bits per heavy atom. The topological polar surface area (TPSA) is 32.3 Å². The van der Waals surface area contributed by atoms with Gasteiger partial charge < -0.3 is 10.2 Å². The molecule has 1 aromatic rings. The monoisotopic (exact) mass is 314 g/mol. The summed E-state index contributed by atoms with van der Waals surface area (Å²) in [6, 6.07) is 1.69. The lowest BCUT2D eigenvalue weighted by molar-refractivity contribution is 0.0262. The summed E-state index contributed by atoms with van der Waals surface area (Å²) in [5.74, 6) is -2.16. The molecule has 1 amide bonds. The third-order valence-electron chi connectivity index (χ3n) is 4.75. The standard InChI is InChI=1S/C15H17ClF2N2O/c16-11-8-12(17)10(7-13(11)18)14(21)19-9-15-1-4-20(5-2-15)6-3-15/h7-8H,1-6,9H2,(H,19,21). The molecule has 3 fully saturated rings. The summed E-state index contributed by atoms with van der Waals surface area (Å²) in [4.78, 5) is 14.5. The average molecular weight is 315 g/mol. The molecular formula is C15H17ClF2N2O. The highest BCUT2D eigenvalue weighted by Gasteiger charge is 2.39. The first-order valence-corrected chi connectivity index (χ1v) is 7.52. The zero-order valence-electron chi connectivity index (χ0n) is 11.6. The molecule has 3 aliphatic heterocycles. The maximum Gasteiger partial charge on any atom is 0.254 e. The van der Waals surface area contributed by atoms with Gasteiger partial charge in [-0.1, -0.05) is 11.6 Å². The maximum atomic E-state index is 13.7. The molecule has 0 aliphatic carbocycles. The van der Waals surface area contributed by atoms with Crippen molar-refractivity contribution in [2.45, 2.75) is 19.3 Å². The fourth-order valence-corrected chi connectivity index (χ4v) is 3.37. The van der Waals surface area contributed by atoms with Crippen LogP contribution in [0.15, 0.2) is 12.1 Å². The van der Waals surface area contributed by atoms with Crippen molar-refractivity contribution in [1.29, 1.82) is 0 Å². The van der Waals surface area contributed by atoms with Gasteiger partial charge in [0.05, 0.1) is 10.6 Å². The van der Waals surface area contributed by atoms with Gasteiger partial charge in [-0.3, -0.25) is 4.79 Å². The summed E-state index contributed by atoms with van der Waals surface area (Å²) < 4.78 is 27.1. The van der Waals surface area contributed by atoms with E-state index in [1.165, 1.54) is 0 Å². The second kappa shape index (κ2) is 5.54. The van der Waals surface area contributed by atoms with E-state index in [2.05, 4.69) is 10.2 Å². The summed E-state index contributed by atoms with van der Waals surface area (Å²) in [6.07, 6.45) is 3.14. The minimum absolute atomic E-state index is 0.117. The van der Waals surface area contributed by atoms with Crippen molar-refractivity contribution in [2.75, 3.05) is 26.2 Å². The van der Waals surface area contributed by atoms with Crippen molar-refractivity contribution in [1.82, 2.24) is 10.2 Å². The van der Waals surface area contributed by atoms with Crippen molar-refractivity contribution in [3.05, 3.63) is 34.4 Å². The van der Waals surface area contributed by atoms with Crippen LogP contribution in [0.25, 0.3) is 0 Å². The zero-order valence-corrected chi connectivity index (χ0v) is 12.3. The van der Waals surface area contributed by atoms with Gasteiger partial charge in [0.1, 0.15) is 11.6 Å². The SMILES string of the molecule is O=C(NCC12CCN(CC1)CC2)c1cc(F)c(Cl)cc1F. The molecule has 0 spiro atoms. The first kappa shape index (κ1) is 14.7. The molecule has 0 saturated carbocycles. The second-order valence-corrected chi connectivity index (χ2v) is 6.43. The van der Waals surface area contributed by atoms with E-state index in [0.717, 1.165) is 51.0 Å². The number of hydrogen-bond donors (Lipinski definition) is 1. The molecule has 3 saturated heterocycles. The van der Waals surface area contributed by atoms with E-state index < -0.39 is 17.5 Å². The first-order valence-electron chi connectivity index (χ1n) is 7.14. The number of carbonyl (C=O) groups is 1. The van der Waals surface area contributed by atoms with Gasteiger partial charge >= 0.3 is 0 Å². The first-order chi connectivity index (χ1) is 9.99. The quantitative estimate of drug-likeness (QED) is 0.870. The van der Waals surface area contributed by atoms with Crippen LogP contribution in [-0.2, 0) is 0 Å². The highest BCUT2D eigenvalue weighted by Crippen LogP contribution is 2.39. The summed E-state index contributed by atoms with van der Waals surface area (Å²) in [5.41, 5.74) is -0.173. The lowest BCUT2D eigenvalue weighted by atomic mass is 9.72. The number of piperidine rings is 3. The van der Waals surface area contributed by atoms with Crippen LogP contribution in [0, 0.1) is 17.0 Å². The molecule has 6 heteroatoms. The number of nitrogens with one attached hydrogen (secondary N) is 1. The Kier molecular flexibility index (Phi) is 3.88. The van der Waals surface area contributed by atoms with Crippen LogP contribution in [-0.4, -0.2) is 37.0 Å². The van der Waals surface area contributed by atoms with Gasteiger partial charge in [-0.05, 0) is 56.4 Å². The van der Waals surface area contributed by atoms with E-state index in [0.29, 0.717) is 6.54 Å². The van der Waals surface area contributed by atoms with Crippen LogP contribution in [0.2, 0.25) is 5.02 Å². The van der Waals surface area contributed by atoms with Crippen LogP contribution in [0.5, 0.6) is 0 Å². The number of benzene rings is 1. The van der Waals surface area contributed by atoms with E-state index in [4.69, 9.17) is 11.6 Å². The minimum Gasteiger partial charge on any atom is -0.351 e.